The van der Waals surface area contributed by atoms with Crippen LogP contribution in [0.3, 0.4) is 0 Å². The zero-order valence-corrected chi connectivity index (χ0v) is 18.6. The average Bonchev–Trinajstić information content (AvgIpc) is 3.19. The van der Waals surface area contributed by atoms with Crippen molar-refractivity contribution in [1.82, 2.24) is 20.4 Å². The molecule has 1 saturated carbocycles. The van der Waals surface area contributed by atoms with Crippen molar-refractivity contribution in [2.45, 2.75) is 64.8 Å². The third kappa shape index (κ3) is 7.08. The Bertz CT molecular complexity index is 565. The maximum atomic E-state index is 12.0. The minimum Gasteiger partial charge on any atom is -0.450 e. The SMILES string of the molecule is CCOC(=O)N1CCC(NC(=NCC(=O)N(C)C)NCC2(CC)CCCC2)CC1. The number of carbonyl (C=O) groups is 2. The summed E-state index contributed by atoms with van der Waals surface area (Å²) in [6, 6.07) is 0.225. The second kappa shape index (κ2) is 11.3. The summed E-state index contributed by atoms with van der Waals surface area (Å²) in [7, 11) is 3.49. The fourth-order valence-corrected chi connectivity index (χ4v) is 4.11. The molecule has 0 unspecified atom stereocenters. The van der Waals surface area contributed by atoms with E-state index in [1.165, 1.54) is 25.7 Å². The van der Waals surface area contributed by atoms with E-state index in [0.717, 1.165) is 25.8 Å². The minimum atomic E-state index is -0.235. The van der Waals surface area contributed by atoms with Crippen LogP contribution in [0.4, 0.5) is 4.79 Å². The first-order chi connectivity index (χ1) is 13.9. The topological polar surface area (TPSA) is 86.3 Å². The second-order valence-electron chi connectivity index (χ2n) is 8.47. The molecule has 8 nitrogen and oxygen atoms in total. The highest BCUT2D eigenvalue weighted by Gasteiger charge is 2.32. The minimum absolute atomic E-state index is 0.0192. The number of aliphatic imine (C=N–C) groups is 1. The third-order valence-electron chi connectivity index (χ3n) is 6.28. The highest BCUT2D eigenvalue weighted by molar-refractivity contribution is 5.85. The number of carbonyl (C=O) groups excluding carboxylic acids is 2. The van der Waals surface area contributed by atoms with Gasteiger partial charge in [-0.25, -0.2) is 9.79 Å². The smallest absolute Gasteiger partial charge is 0.409 e. The summed E-state index contributed by atoms with van der Waals surface area (Å²) in [6.45, 7) is 6.83. The molecule has 0 aromatic heterocycles. The Labute approximate surface area is 175 Å². The van der Waals surface area contributed by atoms with E-state index in [-0.39, 0.29) is 24.6 Å². The van der Waals surface area contributed by atoms with Crippen LogP contribution in [0.1, 0.15) is 58.8 Å². The molecule has 1 aliphatic heterocycles. The summed E-state index contributed by atoms with van der Waals surface area (Å²) >= 11 is 0. The summed E-state index contributed by atoms with van der Waals surface area (Å²) in [5.74, 6) is 0.684. The van der Waals surface area contributed by atoms with Gasteiger partial charge in [-0.15, -0.1) is 0 Å². The largest absolute Gasteiger partial charge is 0.450 e. The zero-order chi connectivity index (χ0) is 21.3. The first-order valence-electron chi connectivity index (χ1n) is 11.1. The first-order valence-corrected chi connectivity index (χ1v) is 11.1. The third-order valence-corrected chi connectivity index (χ3v) is 6.28. The van der Waals surface area contributed by atoms with Crippen LogP contribution in [-0.4, -0.2) is 80.7 Å². The molecule has 2 rings (SSSR count). The van der Waals surface area contributed by atoms with Gasteiger partial charge in [-0.3, -0.25) is 4.79 Å². The number of nitrogens with one attached hydrogen (secondary N) is 2. The fourth-order valence-electron chi connectivity index (χ4n) is 4.11. The standard InChI is InChI=1S/C21H39N5O3/c1-5-21(11-7-8-12-21)16-23-19(22-15-18(27)25(3)4)24-17-9-13-26(14-10-17)20(28)29-6-2/h17H,5-16H2,1-4H3,(H2,22,23,24). The number of piperidine rings is 1. The number of amides is 2. The summed E-state index contributed by atoms with van der Waals surface area (Å²) < 4.78 is 5.09. The number of rotatable bonds is 7. The second-order valence-corrected chi connectivity index (χ2v) is 8.47. The van der Waals surface area contributed by atoms with Gasteiger partial charge in [-0.2, -0.15) is 0 Å². The summed E-state index contributed by atoms with van der Waals surface area (Å²) in [5.41, 5.74) is 0.335. The maximum absolute atomic E-state index is 12.0. The summed E-state index contributed by atoms with van der Waals surface area (Å²) in [4.78, 5) is 31.8. The Hall–Kier alpha value is -1.99. The van der Waals surface area contributed by atoms with Crippen molar-refractivity contribution in [3.8, 4) is 0 Å². The predicted molar refractivity (Wildman–Crippen MR) is 115 cm³/mol. The molecule has 2 N–H and O–H groups in total. The fraction of sp³-hybridized carbons (Fsp3) is 0.857. The van der Waals surface area contributed by atoms with Gasteiger partial charge in [-0.1, -0.05) is 19.8 Å². The number of hydrogen-bond acceptors (Lipinski definition) is 4. The van der Waals surface area contributed by atoms with Gasteiger partial charge in [-0.05, 0) is 44.4 Å². The molecule has 0 radical (unpaired) electrons. The van der Waals surface area contributed by atoms with Gasteiger partial charge < -0.3 is 25.2 Å². The number of likely N-dealkylation sites (N-methyl/N-ethyl adjacent to an activating group) is 1. The molecule has 0 aromatic rings. The number of hydrogen-bond donors (Lipinski definition) is 2. The average molecular weight is 410 g/mol. The van der Waals surface area contributed by atoms with E-state index >= 15 is 0 Å². The lowest BCUT2D eigenvalue weighted by atomic mass is 9.83. The molecule has 0 atom stereocenters. The van der Waals surface area contributed by atoms with Gasteiger partial charge in [0.2, 0.25) is 5.91 Å². The normalized spacial score (nSPS) is 19.7. The van der Waals surface area contributed by atoms with Crippen LogP contribution in [0, 0.1) is 5.41 Å². The van der Waals surface area contributed by atoms with Crippen LogP contribution in [0.15, 0.2) is 4.99 Å². The molecule has 1 heterocycles. The van der Waals surface area contributed by atoms with Crippen LogP contribution in [-0.2, 0) is 9.53 Å². The van der Waals surface area contributed by atoms with Crippen molar-refractivity contribution in [3.63, 3.8) is 0 Å². The van der Waals surface area contributed by atoms with Crippen molar-refractivity contribution in [2.24, 2.45) is 10.4 Å². The van der Waals surface area contributed by atoms with Crippen molar-refractivity contribution in [2.75, 3.05) is 46.9 Å². The number of guanidine groups is 1. The number of likely N-dealkylation sites (tertiary alicyclic amines) is 1. The van der Waals surface area contributed by atoms with Crippen molar-refractivity contribution < 1.29 is 14.3 Å². The van der Waals surface area contributed by atoms with E-state index in [0.29, 0.717) is 31.1 Å². The van der Waals surface area contributed by atoms with Crippen LogP contribution in [0.25, 0.3) is 0 Å². The monoisotopic (exact) mass is 409 g/mol. The Morgan fingerprint density at radius 2 is 1.83 bits per heavy atom. The molecule has 1 saturated heterocycles. The van der Waals surface area contributed by atoms with E-state index in [2.05, 4.69) is 22.5 Å². The van der Waals surface area contributed by atoms with E-state index < -0.39 is 0 Å². The first kappa shape index (κ1) is 23.3. The molecular weight excluding hydrogens is 370 g/mol. The zero-order valence-electron chi connectivity index (χ0n) is 18.6. The molecule has 1 aliphatic carbocycles. The summed E-state index contributed by atoms with van der Waals surface area (Å²) in [6.07, 6.45) is 7.67. The molecule has 0 bridgehead atoms. The molecule has 29 heavy (non-hydrogen) atoms. The predicted octanol–water partition coefficient (Wildman–Crippen LogP) is 2.20. The Kier molecular flexibility index (Phi) is 9.04. The molecule has 2 aliphatic rings. The van der Waals surface area contributed by atoms with Gasteiger partial charge >= 0.3 is 6.09 Å². The Balaban J connectivity index is 1.93. The highest BCUT2D eigenvalue weighted by atomic mass is 16.6. The Morgan fingerprint density at radius 1 is 1.17 bits per heavy atom. The van der Waals surface area contributed by atoms with Crippen LogP contribution in [0.2, 0.25) is 0 Å². The van der Waals surface area contributed by atoms with E-state index in [4.69, 9.17) is 4.74 Å². The van der Waals surface area contributed by atoms with Crippen LogP contribution in [0.5, 0.6) is 0 Å². The molecule has 0 spiro atoms. The lowest BCUT2D eigenvalue weighted by Gasteiger charge is -2.33. The molecule has 166 valence electrons. The van der Waals surface area contributed by atoms with Gasteiger partial charge in [0.1, 0.15) is 6.54 Å². The molecule has 2 fully saturated rings. The van der Waals surface area contributed by atoms with Gasteiger partial charge in [0.15, 0.2) is 5.96 Å². The number of nitrogens with zero attached hydrogens (tertiary/aromatic N) is 3. The van der Waals surface area contributed by atoms with Crippen molar-refractivity contribution in [3.05, 3.63) is 0 Å². The van der Waals surface area contributed by atoms with E-state index in [1.807, 2.05) is 6.92 Å². The van der Waals surface area contributed by atoms with Crippen LogP contribution >= 0.6 is 0 Å². The molecule has 2 amide bonds. The van der Waals surface area contributed by atoms with Crippen molar-refractivity contribution >= 4 is 18.0 Å². The van der Waals surface area contributed by atoms with Gasteiger partial charge in [0.05, 0.1) is 6.61 Å². The quantitative estimate of drug-likeness (QED) is 0.497. The van der Waals surface area contributed by atoms with Gasteiger partial charge in [0.25, 0.3) is 0 Å². The van der Waals surface area contributed by atoms with Crippen LogP contribution < -0.4 is 10.6 Å². The van der Waals surface area contributed by atoms with E-state index in [1.54, 1.807) is 23.9 Å². The molecule has 0 aromatic carbocycles. The summed E-state index contributed by atoms with van der Waals surface area (Å²) in [5, 5.41) is 7.01. The lowest BCUT2D eigenvalue weighted by molar-refractivity contribution is -0.127. The Morgan fingerprint density at radius 3 is 2.38 bits per heavy atom. The van der Waals surface area contributed by atoms with E-state index in [9.17, 15) is 9.59 Å². The highest BCUT2D eigenvalue weighted by Crippen LogP contribution is 2.40. The van der Waals surface area contributed by atoms with Gasteiger partial charge in [0, 0.05) is 39.8 Å². The molecular formula is C21H39N5O3. The number of ether oxygens (including phenoxy) is 1. The lowest BCUT2D eigenvalue weighted by Crippen LogP contribution is -2.51. The molecule has 8 heteroatoms. The maximum Gasteiger partial charge on any atom is 0.409 e. The van der Waals surface area contributed by atoms with Crippen molar-refractivity contribution in [1.29, 1.82) is 0 Å².